The van der Waals surface area contributed by atoms with Crippen molar-refractivity contribution in [3.05, 3.63) is 52.5 Å². The van der Waals surface area contributed by atoms with E-state index < -0.39 is 0 Å². The van der Waals surface area contributed by atoms with Gasteiger partial charge in [0.2, 0.25) is 0 Å². The zero-order valence-corrected chi connectivity index (χ0v) is 13.7. The number of allylic oxidation sites excluding steroid dienone is 2. The van der Waals surface area contributed by atoms with Gasteiger partial charge >= 0.3 is 0 Å². The summed E-state index contributed by atoms with van der Waals surface area (Å²) in [6, 6.07) is 10.2. The normalized spacial score (nSPS) is 12.1. The topological polar surface area (TPSA) is 29.1 Å². The minimum absolute atomic E-state index is 0.0364. The summed E-state index contributed by atoms with van der Waals surface area (Å²) in [5.74, 6) is 0.429. The van der Waals surface area contributed by atoms with Crippen LogP contribution in [0.1, 0.15) is 32.3 Å². The van der Waals surface area contributed by atoms with Crippen molar-refractivity contribution >= 4 is 27.9 Å². The summed E-state index contributed by atoms with van der Waals surface area (Å²) in [5.41, 5.74) is 1.20. The Bertz CT molecular complexity index is 463. The van der Waals surface area contributed by atoms with E-state index in [0.29, 0.717) is 16.9 Å². The Hall–Kier alpha value is -1.35. The standard InChI is InChI=1S/C17H22BrNO/c1-14(2)13-19-17(20)16(18)12-8-4-7-11-15-9-5-3-6-10-15/h3,5-7,9-12,14H,4,8,13H2,1-2H3,(H,19,20). The van der Waals surface area contributed by atoms with Crippen LogP contribution in [0.15, 0.2) is 47.0 Å². The predicted octanol–water partition coefficient (Wildman–Crippen LogP) is 4.53. The van der Waals surface area contributed by atoms with Gasteiger partial charge in [-0.3, -0.25) is 4.79 Å². The molecule has 0 saturated heterocycles. The Labute approximate surface area is 130 Å². The lowest BCUT2D eigenvalue weighted by atomic mass is 10.2. The molecule has 0 aliphatic heterocycles. The molecule has 20 heavy (non-hydrogen) atoms. The summed E-state index contributed by atoms with van der Waals surface area (Å²) in [4.78, 5) is 11.7. The Kier molecular flexibility index (Phi) is 7.97. The largest absolute Gasteiger partial charge is 0.351 e. The third kappa shape index (κ3) is 7.29. The number of carbonyl (C=O) groups excluding carboxylic acids is 1. The van der Waals surface area contributed by atoms with Crippen LogP contribution in [0, 0.1) is 5.92 Å². The van der Waals surface area contributed by atoms with E-state index >= 15 is 0 Å². The smallest absolute Gasteiger partial charge is 0.257 e. The SMILES string of the molecule is CC(C)CNC(=O)C(Br)=CCCC=Cc1ccccc1. The fourth-order valence-corrected chi connectivity index (χ4v) is 1.93. The van der Waals surface area contributed by atoms with Crippen molar-refractivity contribution in [3.63, 3.8) is 0 Å². The summed E-state index contributed by atoms with van der Waals surface area (Å²) < 4.78 is 0.617. The summed E-state index contributed by atoms with van der Waals surface area (Å²) in [5, 5.41) is 2.88. The first kappa shape index (κ1) is 16.7. The number of rotatable bonds is 7. The van der Waals surface area contributed by atoms with Crippen molar-refractivity contribution in [2.24, 2.45) is 5.92 Å². The van der Waals surface area contributed by atoms with Gasteiger partial charge in [-0.2, -0.15) is 0 Å². The fraction of sp³-hybridized carbons (Fsp3) is 0.353. The molecule has 0 aromatic heterocycles. The zero-order chi connectivity index (χ0) is 14.8. The van der Waals surface area contributed by atoms with Gasteiger partial charge in [-0.15, -0.1) is 0 Å². The summed E-state index contributed by atoms with van der Waals surface area (Å²) in [7, 11) is 0. The van der Waals surface area contributed by atoms with Crippen LogP contribution >= 0.6 is 15.9 Å². The second-order valence-corrected chi connectivity index (χ2v) is 5.90. The van der Waals surface area contributed by atoms with E-state index in [4.69, 9.17) is 0 Å². The molecule has 0 atom stereocenters. The summed E-state index contributed by atoms with van der Waals surface area (Å²) in [6.45, 7) is 4.86. The fourth-order valence-electron chi connectivity index (χ4n) is 1.56. The maximum atomic E-state index is 11.7. The molecule has 0 bridgehead atoms. The van der Waals surface area contributed by atoms with Crippen LogP contribution in [0.25, 0.3) is 6.08 Å². The predicted molar refractivity (Wildman–Crippen MR) is 89.6 cm³/mol. The van der Waals surface area contributed by atoms with Gasteiger partial charge in [0.05, 0.1) is 4.48 Å². The number of hydrogen-bond acceptors (Lipinski definition) is 1. The number of carbonyl (C=O) groups is 1. The third-order valence-electron chi connectivity index (χ3n) is 2.65. The van der Waals surface area contributed by atoms with Crippen molar-refractivity contribution < 1.29 is 4.79 Å². The van der Waals surface area contributed by atoms with Crippen molar-refractivity contribution in [2.45, 2.75) is 26.7 Å². The Balaban J connectivity index is 2.29. The van der Waals surface area contributed by atoms with E-state index in [1.54, 1.807) is 0 Å². The molecule has 1 aromatic carbocycles. The number of nitrogens with one attached hydrogen (secondary N) is 1. The first-order valence-corrected chi connectivity index (χ1v) is 7.74. The second kappa shape index (κ2) is 9.54. The lowest BCUT2D eigenvalue weighted by Crippen LogP contribution is -2.27. The second-order valence-electron chi connectivity index (χ2n) is 5.05. The molecule has 1 aromatic rings. The van der Waals surface area contributed by atoms with Crippen LogP contribution in [0.5, 0.6) is 0 Å². The molecule has 1 rings (SSSR count). The van der Waals surface area contributed by atoms with Crippen LogP contribution in [0.3, 0.4) is 0 Å². The Morgan fingerprint density at radius 1 is 1.25 bits per heavy atom. The quantitative estimate of drug-likeness (QED) is 0.575. The van der Waals surface area contributed by atoms with Crippen molar-refractivity contribution in [1.29, 1.82) is 0 Å². The number of unbranched alkanes of at least 4 members (excludes halogenated alkanes) is 1. The van der Waals surface area contributed by atoms with E-state index in [0.717, 1.165) is 12.8 Å². The lowest BCUT2D eigenvalue weighted by molar-refractivity contribution is -0.116. The highest BCUT2D eigenvalue weighted by Gasteiger charge is 2.05. The highest BCUT2D eigenvalue weighted by atomic mass is 79.9. The van der Waals surface area contributed by atoms with E-state index in [1.807, 2.05) is 24.3 Å². The third-order valence-corrected chi connectivity index (χ3v) is 3.34. The van der Waals surface area contributed by atoms with Crippen molar-refractivity contribution in [2.75, 3.05) is 6.54 Å². The maximum Gasteiger partial charge on any atom is 0.257 e. The van der Waals surface area contributed by atoms with Crippen LogP contribution in [-0.4, -0.2) is 12.5 Å². The molecule has 3 heteroatoms. The molecule has 0 spiro atoms. The van der Waals surface area contributed by atoms with Gasteiger partial charge in [0, 0.05) is 6.54 Å². The van der Waals surface area contributed by atoms with E-state index in [9.17, 15) is 4.79 Å². The molecule has 0 radical (unpaired) electrons. The number of halogens is 1. The van der Waals surface area contributed by atoms with E-state index in [2.05, 4.69) is 59.4 Å². The van der Waals surface area contributed by atoms with Gasteiger partial charge in [-0.05, 0) is 40.3 Å². The van der Waals surface area contributed by atoms with Gasteiger partial charge in [-0.1, -0.05) is 62.4 Å². The average molecular weight is 336 g/mol. The molecule has 1 amide bonds. The molecular formula is C17H22BrNO. The monoisotopic (exact) mass is 335 g/mol. The average Bonchev–Trinajstić information content (AvgIpc) is 2.45. The minimum atomic E-state index is -0.0364. The molecule has 1 N–H and O–H groups in total. The van der Waals surface area contributed by atoms with Crippen LogP contribution in [-0.2, 0) is 4.79 Å². The number of hydrogen-bond donors (Lipinski definition) is 1. The molecule has 0 fully saturated rings. The summed E-state index contributed by atoms with van der Waals surface area (Å²) >= 11 is 3.32. The van der Waals surface area contributed by atoms with Gasteiger partial charge in [0.15, 0.2) is 0 Å². The van der Waals surface area contributed by atoms with E-state index in [1.165, 1.54) is 5.56 Å². The Morgan fingerprint density at radius 2 is 1.95 bits per heavy atom. The summed E-state index contributed by atoms with van der Waals surface area (Å²) in [6.07, 6.45) is 7.91. The van der Waals surface area contributed by atoms with Crippen LogP contribution < -0.4 is 5.32 Å². The maximum absolute atomic E-state index is 11.7. The van der Waals surface area contributed by atoms with Crippen LogP contribution in [0.2, 0.25) is 0 Å². The molecule has 0 heterocycles. The van der Waals surface area contributed by atoms with Gasteiger partial charge in [-0.25, -0.2) is 0 Å². The van der Waals surface area contributed by atoms with Gasteiger partial charge in [0.1, 0.15) is 0 Å². The molecule has 0 aliphatic carbocycles. The molecule has 2 nitrogen and oxygen atoms in total. The first-order chi connectivity index (χ1) is 9.59. The minimum Gasteiger partial charge on any atom is -0.351 e. The molecule has 0 unspecified atom stereocenters. The number of benzene rings is 1. The first-order valence-electron chi connectivity index (χ1n) is 6.95. The van der Waals surface area contributed by atoms with E-state index in [-0.39, 0.29) is 5.91 Å². The molecular weight excluding hydrogens is 314 g/mol. The van der Waals surface area contributed by atoms with Crippen molar-refractivity contribution in [3.8, 4) is 0 Å². The van der Waals surface area contributed by atoms with Gasteiger partial charge in [0.25, 0.3) is 5.91 Å². The molecule has 0 saturated carbocycles. The van der Waals surface area contributed by atoms with Gasteiger partial charge < -0.3 is 5.32 Å². The lowest BCUT2D eigenvalue weighted by Gasteiger charge is -2.06. The highest BCUT2D eigenvalue weighted by Crippen LogP contribution is 2.09. The molecule has 108 valence electrons. The zero-order valence-electron chi connectivity index (χ0n) is 12.1. The van der Waals surface area contributed by atoms with Crippen LogP contribution in [0.4, 0.5) is 0 Å². The Morgan fingerprint density at radius 3 is 2.60 bits per heavy atom. The highest BCUT2D eigenvalue weighted by molar-refractivity contribution is 9.12. The van der Waals surface area contributed by atoms with Crippen molar-refractivity contribution in [1.82, 2.24) is 5.32 Å². The molecule has 0 aliphatic rings. The number of amides is 1.